The van der Waals surface area contributed by atoms with Crippen LogP contribution in [0.2, 0.25) is 0 Å². The van der Waals surface area contributed by atoms with Gasteiger partial charge in [-0.25, -0.2) is 12.8 Å². The molecular weight excluding hydrogens is 407 g/mol. The van der Waals surface area contributed by atoms with Crippen molar-refractivity contribution in [3.63, 3.8) is 0 Å². The van der Waals surface area contributed by atoms with Crippen molar-refractivity contribution in [2.24, 2.45) is 0 Å². The zero-order valence-electron chi connectivity index (χ0n) is 17.4. The van der Waals surface area contributed by atoms with Gasteiger partial charge in [0.15, 0.2) is 27.5 Å². The van der Waals surface area contributed by atoms with Crippen LogP contribution in [0.3, 0.4) is 0 Å². The number of anilines is 1. The second-order valence-electron chi connectivity index (χ2n) is 7.77. The number of hydrogen-bond donors (Lipinski definition) is 0. The molecule has 30 heavy (non-hydrogen) atoms. The molecule has 1 aliphatic heterocycles. The molecule has 1 fully saturated rings. The number of rotatable bonds is 7. The number of ether oxygens (including phenoxy) is 1. The highest BCUT2D eigenvalue weighted by Gasteiger charge is 2.36. The average Bonchev–Trinajstić information content (AvgIpc) is 3.07. The number of amides is 1. The maximum atomic E-state index is 13.9. The fourth-order valence-corrected chi connectivity index (χ4v) is 5.25. The normalized spacial score (nSPS) is 18.6. The summed E-state index contributed by atoms with van der Waals surface area (Å²) in [5, 5.41) is 0. The largest absolute Gasteiger partial charge is 0.478 e. The number of carbonyl (C=O) groups is 1. The zero-order valence-corrected chi connectivity index (χ0v) is 18.2. The first-order valence-corrected chi connectivity index (χ1v) is 11.7. The topological polar surface area (TPSA) is 66.9 Å². The molecule has 2 aromatic rings. The minimum absolute atomic E-state index is 0.00678. The number of benzene rings is 2. The lowest BCUT2D eigenvalue weighted by Gasteiger charge is -2.31. The van der Waals surface area contributed by atoms with Crippen LogP contribution >= 0.6 is 0 Å². The molecule has 3 rings (SSSR count). The first kappa shape index (κ1) is 22.1. The monoisotopic (exact) mass is 434 g/mol. The number of hydrogen-bond acceptors (Lipinski definition) is 5. The highest BCUT2D eigenvalue weighted by Crippen LogP contribution is 2.24. The predicted molar refractivity (Wildman–Crippen MR) is 115 cm³/mol. The van der Waals surface area contributed by atoms with Crippen LogP contribution in [0.25, 0.3) is 0 Å². The van der Waals surface area contributed by atoms with Crippen molar-refractivity contribution in [3.05, 3.63) is 59.9 Å². The van der Waals surface area contributed by atoms with Crippen LogP contribution in [-0.4, -0.2) is 57.0 Å². The number of carbonyl (C=O) groups excluding carboxylic acids is 1. The summed E-state index contributed by atoms with van der Waals surface area (Å²) in [4.78, 5) is 16.7. The summed E-state index contributed by atoms with van der Waals surface area (Å²) in [6.07, 6.45) is -0.567. The highest BCUT2D eigenvalue weighted by atomic mass is 32.2. The third-order valence-corrected chi connectivity index (χ3v) is 6.98. The Balaban J connectivity index is 1.81. The van der Waals surface area contributed by atoms with Gasteiger partial charge in [-0.2, -0.15) is 0 Å². The van der Waals surface area contributed by atoms with E-state index in [4.69, 9.17) is 4.74 Å². The van der Waals surface area contributed by atoms with Gasteiger partial charge in [-0.15, -0.1) is 0 Å². The summed E-state index contributed by atoms with van der Waals surface area (Å²) in [5.74, 6) is -0.930. The van der Waals surface area contributed by atoms with Crippen LogP contribution < -0.4 is 9.64 Å². The molecule has 0 bridgehead atoms. The van der Waals surface area contributed by atoms with Gasteiger partial charge in [-0.3, -0.25) is 4.79 Å². The van der Waals surface area contributed by atoms with Crippen LogP contribution in [0.4, 0.5) is 10.1 Å². The summed E-state index contributed by atoms with van der Waals surface area (Å²) in [7, 11) is 0.704. The minimum atomic E-state index is -3.18. The summed E-state index contributed by atoms with van der Waals surface area (Å²) < 4.78 is 43.5. The molecule has 2 atom stereocenters. The molecule has 2 aromatic carbocycles. The van der Waals surface area contributed by atoms with Crippen molar-refractivity contribution in [1.29, 1.82) is 0 Å². The summed E-state index contributed by atoms with van der Waals surface area (Å²) in [5.41, 5.74) is 1.91. The Morgan fingerprint density at radius 3 is 2.40 bits per heavy atom. The van der Waals surface area contributed by atoms with Crippen molar-refractivity contribution < 1.29 is 22.3 Å². The van der Waals surface area contributed by atoms with E-state index in [1.54, 1.807) is 24.0 Å². The number of para-hydroxylation sites is 1. The van der Waals surface area contributed by atoms with Gasteiger partial charge in [-0.1, -0.05) is 24.3 Å². The minimum Gasteiger partial charge on any atom is -0.478 e. The molecule has 1 aliphatic rings. The molecule has 162 valence electrons. The second kappa shape index (κ2) is 9.04. The molecule has 0 N–H and O–H groups in total. The lowest BCUT2D eigenvalue weighted by Crippen LogP contribution is -2.46. The predicted octanol–water partition coefficient (Wildman–Crippen LogP) is 2.87. The molecule has 0 aromatic heterocycles. The van der Waals surface area contributed by atoms with Gasteiger partial charge in [0.25, 0.3) is 5.91 Å². The fraction of sp³-hybridized carbons (Fsp3) is 0.409. The van der Waals surface area contributed by atoms with Crippen LogP contribution in [0.15, 0.2) is 48.5 Å². The van der Waals surface area contributed by atoms with Gasteiger partial charge in [0, 0.05) is 32.4 Å². The molecule has 0 radical (unpaired) electrons. The van der Waals surface area contributed by atoms with E-state index < -0.39 is 27.8 Å². The molecule has 0 spiro atoms. The van der Waals surface area contributed by atoms with E-state index in [1.165, 1.54) is 12.1 Å². The van der Waals surface area contributed by atoms with Crippen molar-refractivity contribution in [1.82, 2.24) is 4.90 Å². The van der Waals surface area contributed by atoms with Gasteiger partial charge < -0.3 is 14.5 Å². The Hall–Kier alpha value is -2.61. The Bertz CT molecular complexity index is 992. The fourth-order valence-electron chi connectivity index (χ4n) is 3.52. The maximum Gasteiger partial charge on any atom is 0.263 e. The van der Waals surface area contributed by atoms with Crippen LogP contribution in [-0.2, 0) is 21.2 Å². The van der Waals surface area contributed by atoms with Gasteiger partial charge in [0.2, 0.25) is 0 Å². The molecular formula is C22H27FN2O4S. The summed E-state index contributed by atoms with van der Waals surface area (Å²) >= 11 is 0. The zero-order chi connectivity index (χ0) is 21.9. The Morgan fingerprint density at radius 2 is 1.83 bits per heavy atom. The lowest BCUT2D eigenvalue weighted by molar-refractivity contribution is -0.140. The van der Waals surface area contributed by atoms with E-state index in [-0.39, 0.29) is 29.7 Å². The molecule has 1 saturated heterocycles. The van der Waals surface area contributed by atoms with Gasteiger partial charge in [0.1, 0.15) is 0 Å². The Labute approximate surface area is 177 Å². The summed E-state index contributed by atoms with van der Waals surface area (Å²) in [6, 6.07) is 13.2. The first-order chi connectivity index (χ1) is 14.2. The van der Waals surface area contributed by atoms with Crippen molar-refractivity contribution in [3.8, 4) is 5.75 Å². The standard InChI is InChI=1S/C22H27FN2O4S/c1-16(29-21-7-5-4-6-20(21)23)22(26)25(19-12-13-30(27,28)15-19)14-17-8-10-18(11-9-17)24(2)3/h4-11,16,19H,12-15H2,1-3H3/t16-,19+/m0/s1. The number of nitrogens with zero attached hydrogens (tertiary/aromatic N) is 2. The molecule has 0 unspecified atom stereocenters. The Morgan fingerprint density at radius 1 is 1.17 bits per heavy atom. The lowest BCUT2D eigenvalue weighted by atomic mass is 10.1. The number of sulfone groups is 1. The van der Waals surface area contributed by atoms with Gasteiger partial charge in [-0.05, 0) is 43.2 Å². The molecule has 0 aliphatic carbocycles. The van der Waals surface area contributed by atoms with Gasteiger partial charge >= 0.3 is 0 Å². The van der Waals surface area contributed by atoms with E-state index >= 15 is 0 Å². The van der Waals surface area contributed by atoms with E-state index in [0.717, 1.165) is 11.3 Å². The quantitative estimate of drug-likeness (QED) is 0.670. The summed E-state index contributed by atoms with van der Waals surface area (Å²) in [6.45, 7) is 1.82. The van der Waals surface area contributed by atoms with Crippen molar-refractivity contribution >= 4 is 21.4 Å². The van der Waals surface area contributed by atoms with Crippen LogP contribution in [0.5, 0.6) is 5.75 Å². The third-order valence-electron chi connectivity index (χ3n) is 5.23. The average molecular weight is 435 g/mol. The first-order valence-electron chi connectivity index (χ1n) is 9.84. The van der Waals surface area contributed by atoms with E-state index in [9.17, 15) is 17.6 Å². The molecule has 1 amide bonds. The Kier molecular flexibility index (Phi) is 6.65. The maximum absolute atomic E-state index is 13.9. The number of halogens is 1. The highest BCUT2D eigenvalue weighted by molar-refractivity contribution is 7.91. The van der Waals surface area contributed by atoms with Crippen molar-refractivity contribution in [2.75, 3.05) is 30.5 Å². The smallest absolute Gasteiger partial charge is 0.263 e. The second-order valence-corrected chi connectivity index (χ2v) is 10.0. The van der Waals surface area contributed by atoms with Gasteiger partial charge in [0.05, 0.1) is 11.5 Å². The molecule has 6 nitrogen and oxygen atoms in total. The van der Waals surface area contributed by atoms with E-state index in [0.29, 0.717) is 6.42 Å². The molecule has 8 heteroatoms. The third kappa shape index (κ3) is 5.30. The van der Waals surface area contributed by atoms with E-state index in [2.05, 4.69) is 0 Å². The van der Waals surface area contributed by atoms with E-state index in [1.807, 2.05) is 43.3 Å². The van der Waals surface area contributed by atoms with Crippen molar-refractivity contribution in [2.45, 2.75) is 32.0 Å². The SMILES string of the molecule is C[C@H](Oc1ccccc1F)C(=O)N(Cc1ccc(N(C)C)cc1)[C@@H]1CCS(=O)(=O)C1. The van der Waals surface area contributed by atoms with Crippen LogP contribution in [0.1, 0.15) is 18.9 Å². The molecule has 1 heterocycles. The molecule has 0 saturated carbocycles. The van der Waals surface area contributed by atoms with Crippen LogP contribution in [0, 0.1) is 5.82 Å².